The number of anilines is 2. The van der Waals surface area contributed by atoms with E-state index in [0.29, 0.717) is 24.7 Å². The number of ether oxygens (including phenoxy) is 1. The lowest BCUT2D eigenvalue weighted by atomic mass is 9.86. The van der Waals surface area contributed by atoms with Gasteiger partial charge in [0.15, 0.2) is 6.04 Å². The fourth-order valence-corrected chi connectivity index (χ4v) is 3.56. The zero-order valence-electron chi connectivity index (χ0n) is 16.9. The molecule has 164 valence electrons. The number of hydrogen-bond acceptors (Lipinski definition) is 5. The van der Waals surface area contributed by atoms with Gasteiger partial charge in [-0.3, -0.25) is 4.79 Å². The van der Waals surface area contributed by atoms with E-state index >= 15 is 0 Å². The lowest BCUT2D eigenvalue weighted by Crippen LogP contribution is -2.43. The maximum atomic E-state index is 13.2. The fraction of sp³-hybridized carbons (Fsp3) is 0.579. The summed E-state index contributed by atoms with van der Waals surface area (Å²) in [6.07, 6.45) is 2.14. The van der Waals surface area contributed by atoms with Crippen molar-refractivity contribution in [2.75, 3.05) is 5.32 Å². The van der Waals surface area contributed by atoms with E-state index in [9.17, 15) is 18.0 Å². The van der Waals surface area contributed by atoms with Crippen LogP contribution in [-0.4, -0.2) is 26.6 Å². The molecular formula is C19H24ClF3N5O2+. The second-order valence-electron chi connectivity index (χ2n) is 8.33. The molecule has 30 heavy (non-hydrogen) atoms. The second kappa shape index (κ2) is 8.41. The number of nitrogens with zero attached hydrogens (tertiary/aromatic N) is 3. The molecule has 0 bridgehead atoms. The third-order valence-corrected chi connectivity index (χ3v) is 4.99. The van der Waals surface area contributed by atoms with E-state index in [-0.39, 0.29) is 23.2 Å². The molecular weight excluding hydrogens is 423 g/mol. The van der Waals surface area contributed by atoms with Crippen molar-refractivity contribution in [3.8, 4) is 0 Å². The van der Waals surface area contributed by atoms with Gasteiger partial charge in [0.1, 0.15) is 22.7 Å². The number of alkyl halides is 3. The summed E-state index contributed by atoms with van der Waals surface area (Å²) < 4.78 is 46.8. The van der Waals surface area contributed by atoms with Crippen molar-refractivity contribution in [3.05, 3.63) is 29.4 Å². The van der Waals surface area contributed by atoms with E-state index in [0.717, 1.165) is 12.8 Å². The quantitative estimate of drug-likeness (QED) is 0.408. The minimum absolute atomic E-state index is 0.107. The van der Waals surface area contributed by atoms with Gasteiger partial charge in [0.25, 0.3) is 0 Å². The number of rotatable bonds is 4. The molecule has 0 amide bonds. The summed E-state index contributed by atoms with van der Waals surface area (Å²) in [6.45, 7) is 5.53. The zero-order valence-corrected chi connectivity index (χ0v) is 17.6. The fourth-order valence-electron chi connectivity index (χ4n) is 3.42. The molecule has 0 unspecified atom stereocenters. The van der Waals surface area contributed by atoms with Crippen LogP contribution < -0.4 is 10.00 Å². The van der Waals surface area contributed by atoms with Crippen molar-refractivity contribution in [3.63, 3.8) is 0 Å². The number of aromatic nitrogens is 4. The second-order valence-corrected chi connectivity index (χ2v) is 8.67. The summed E-state index contributed by atoms with van der Waals surface area (Å²) in [6, 6.07) is 0.107. The maximum Gasteiger partial charge on any atom is 0.421 e. The first kappa shape index (κ1) is 22.3. The third-order valence-electron chi connectivity index (χ3n) is 4.81. The monoisotopic (exact) mass is 446 g/mol. The highest BCUT2D eigenvalue weighted by atomic mass is 35.5. The maximum absolute atomic E-state index is 13.2. The molecule has 2 aromatic rings. The Bertz CT molecular complexity index is 902. The molecule has 1 saturated carbocycles. The van der Waals surface area contributed by atoms with Crippen molar-refractivity contribution in [2.45, 2.75) is 64.3 Å². The summed E-state index contributed by atoms with van der Waals surface area (Å²) in [4.78, 5) is 19.3. The van der Waals surface area contributed by atoms with Gasteiger partial charge in [-0.15, -0.1) is 4.68 Å². The van der Waals surface area contributed by atoms with E-state index in [1.54, 1.807) is 12.4 Å². The van der Waals surface area contributed by atoms with Gasteiger partial charge in [0, 0.05) is 19.0 Å². The van der Waals surface area contributed by atoms with Crippen molar-refractivity contribution in [1.82, 2.24) is 15.1 Å². The van der Waals surface area contributed by atoms with Crippen LogP contribution in [-0.2, 0) is 15.7 Å². The first-order valence-electron chi connectivity index (χ1n) is 9.61. The van der Waals surface area contributed by atoms with Crippen LogP contribution >= 0.6 is 11.6 Å². The highest BCUT2D eigenvalue weighted by Crippen LogP contribution is 2.35. The van der Waals surface area contributed by atoms with Gasteiger partial charge < -0.3 is 10.1 Å². The van der Waals surface area contributed by atoms with Gasteiger partial charge in [0.05, 0.1) is 12.1 Å². The van der Waals surface area contributed by atoms with Gasteiger partial charge in [-0.2, -0.15) is 23.3 Å². The Labute approximate surface area is 177 Å². The molecule has 1 fully saturated rings. The number of esters is 1. The molecule has 0 aliphatic heterocycles. The van der Waals surface area contributed by atoms with Crippen LogP contribution in [0, 0.1) is 5.92 Å². The SMILES string of the molecule is CC(C)(C)OC(=O)C1CCC([n+]2cc(Nc3nc(Cl)ncc3C(F)(F)F)c[nH]2)CC1. The highest BCUT2D eigenvalue weighted by molar-refractivity contribution is 6.28. The van der Waals surface area contributed by atoms with Crippen LogP contribution in [0.5, 0.6) is 0 Å². The van der Waals surface area contributed by atoms with Gasteiger partial charge >= 0.3 is 12.1 Å². The summed E-state index contributed by atoms with van der Waals surface area (Å²) in [5, 5.41) is 5.40. The Balaban J connectivity index is 1.65. The standard InChI is InChI=1S/C19H23ClF3N5O2/c1-18(2,3)30-16(29)11-4-6-13(7-5-11)28-10-12(8-25-28)26-15-14(19(21,22)23)9-24-17(20)27-15/h8-11,13H,4-7H2,1-3H3,(H,24,26,27)/p+1. The number of carbonyl (C=O) groups excluding carboxylic acids is 1. The largest absolute Gasteiger partial charge is 0.460 e. The van der Waals surface area contributed by atoms with Crippen LogP contribution in [0.2, 0.25) is 5.28 Å². The van der Waals surface area contributed by atoms with E-state index in [4.69, 9.17) is 16.3 Å². The van der Waals surface area contributed by atoms with E-state index in [1.165, 1.54) is 0 Å². The number of nitrogens with one attached hydrogen (secondary N) is 2. The molecule has 0 radical (unpaired) electrons. The first-order valence-corrected chi connectivity index (χ1v) is 9.99. The van der Waals surface area contributed by atoms with Crippen LogP contribution in [0.3, 0.4) is 0 Å². The Morgan fingerprint density at radius 2 is 1.93 bits per heavy atom. The van der Waals surface area contributed by atoms with Gasteiger partial charge in [-0.05, 0) is 45.2 Å². The summed E-state index contributed by atoms with van der Waals surface area (Å²) >= 11 is 5.66. The average molecular weight is 447 g/mol. The number of aromatic amines is 1. The van der Waals surface area contributed by atoms with Crippen LogP contribution in [0.4, 0.5) is 24.7 Å². The Hall–Kier alpha value is -2.36. The highest BCUT2D eigenvalue weighted by Gasteiger charge is 2.36. The Kier molecular flexibility index (Phi) is 6.26. The molecule has 2 heterocycles. The first-order chi connectivity index (χ1) is 13.9. The normalized spacial score (nSPS) is 20.1. The molecule has 7 nitrogen and oxygen atoms in total. The lowest BCUT2D eigenvalue weighted by Gasteiger charge is -2.27. The van der Waals surface area contributed by atoms with Gasteiger partial charge in [-0.25, -0.2) is 4.98 Å². The minimum Gasteiger partial charge on any atom is -0.460 e. The summed E-state index contributed by atoms with van der Waals surface area (Å²) in [7, 11) is 0. The van der Waals surface area contributed by atoms with Crippen LogP contribution in [0.15, 0.2) is 18.6 Å². The minimum atomic E-state index is -4.61. The van der Waals surface area contributed by atoms with Crippen molar-refractivity contribution < 1.29 is 27.4 Å². The van der Waals surface area contributed by atoms with Crippen molar-refractivity contribution >= 4 is 29.1 Å². The molecule has 3 rings (SSSR count). The van der Waals surface area contributed by atoms with Crippen molar-refractivity contribution in [1.29, 1.82) is 0 Å². The number of hydrogen-bond donors (Lipinski definition) is 2. The smallest absolute Gasteiger partial charge is 0.421 e. The molecule has 11 heteroatoms. The molecule has 0 spiro atoms. The molecule has 1 aliphatic rings. The molecule has 1 aliphatic carbocycles. The zero-order chi connectivity index (χ0) is 22.1. The van der Waals surface area contributed by atoms with E-state index < -0.39 is 23.2 Å². The molecule has 2 N–H and O–H groups in total. The third kappa shape index (κ3) is 5.62. The molecule has 0 aromatic carbocycles. The van der Waals surface area contributed by atoms with E-state index in [2.05, 4.69) is 20.4 Å². The molecule has 0 saturated heterocycles. The van der Waals surface area contributed by atoms with Crippen LogP contribution in [0.25, 0.3) is 0 Å². The average Bonchev–Trinajstić information content (AvgIpc) is 3.08. The number of carbonyl (C=O) groups is 1. The van der Waals surface area contributed by atoms with Crippen molar-refractivity contribution in [2.24, 2.45) is 5.92 Å². The van der Waals surface area contributed by atoms with E-state index in [1.807, 2.05) is 25.5 Å². The summed E-state index contributed by atoms with van der Waals surface area (Å²) in [5.74, 6) is -0.728. The Morgan fingerprint density at radius 1 is 1.27 bits per heavy atom. The lowest BCUT2D eigenvalue weighted by molar-refractivity contribution is -0.776. The Morgan fingerprint density at radius 3 is 2.53 bits per heavy atom. The van der Waals surface area contributed by atoms with Gasteiger partial charge in [-0.1, -0.05) is 0 Å². The number of H-pyrrole nitrogens is 1. The predicted molar refractivity (Wildman–Crippen MR) is 103 cm³/mol. The van der Waals surface area contributed by atoms with Crippen LogP contribution in [0.1, 0.15) is 58.1 Å². The molecule has 0 atom stereocenters. The molecule has 2 aromatic heterocycles. The van der Waals surface area contributed by atoms with Gasteiger partial charge in [0.2, 0.25) is 11.5 Å². The predicted octanol–water partition coefficient (Wildman–Crippen LogP) is 4.58. The number of halogens is 4. The summed E-state index contributed by atoms with van der Waals surface area (Å²) in [5.41, 5.74) is -1.11. The topological polar surface area (TPSA) is 83.8 Å².